The summed E-state index contributed by atoms with van der Waals surface area (Å²) in [7, 11) is 0. The number of carbonyl (C=O) groups is 3. The Morgan fingerprint density at radius 2 is 1.15 bits per heavy atom. The first kappa shape index (κ1) is 27.6. The van der Waals surface area contributed by atoms with Gasteiger partial charge in [0.05, 0.1) is 5.38 Å². The second kappa shape index (κ2) is 20.6. The number of halogens is 1. The molecule has 1 atom stereocenters. The van der Waals surface area contributed by atoms with Gasteiger partial charge in [-0.25, -0.2) is 0 Å². The maximum atomic E-state index is 10.2. The molecule has 0 spiro atoms. The second-order valence-electron chi connectivity index (χ2n) is 4.39. The van der Waals surface area contributed by atoms with Crippen LogP contribution in [0.2, 0.25) is 0 Å². The molecule has 0 aromatic rings. The van der Waals surface area contributed by atoms with Crippen LogP contribution in [0.1, 0.15) is 81.1 Å². The number of ketones is 3. The lowest BCUT2D eigenvalue weighted by Crippen LogP contribution is -2.07. The molecule has 0 saturated carbocycles. The van der Waals surface area contributed by atoms with Gasteiger partial charge in [-0.05, 0) is 40.0 Å². The zero-order valence-electron chi connectivity index (χ0n) is 13.2. The first-order valence-electron chi connectivity index (χ1n) is 6.86. The van der Waals surface area contributed by atoms with Crippen molar-refractivity contribution in [1.82, 2.24) is 0 Å². The molecule has 0 fully saturated rings. The van der Waals surface area contributed by atoms with Crippen LogP contribution in [0.3, 0.4) is 0 Å². The van der Waals surface area contributed by atoms with Crippen LogP contribution in [0.15, 0.2) is 0 Å². The minimum Gasteiger partial charge on any atom is -0.300 e. The van der Waals surface area contributed by atoms with Gasteiger partial charge in [-0.2, -0.15) is 0 Å². The van der Waals surface area contributed by atoms with Gasteiger partial charge in [-0.3, -0.25) is 4.79 Å². The maximum Gasteiger partial charge on any atom is 0.147 e. The third-order valence-electron chi connectivity index (χ3n) is 2.00. The topological polar surface area (TPSA) is 51.2 Å². The molecule has 0 rings (SSSR count). The van der Waals surface area contributed by atoms with E-state index in [1.165, 1.54) is 6.92 Å². The number of hydrogen-bond donors (Lipinski definition) is 0. The van der Waals surface area contributed by atoms with Crippen molar-refractivity contribution in [3.8, 4) is 0 Å². The second-order valence-corrected chi connectivity index (χ2v) is 4.92. The van der Waals surface area contributed by atoms with Crippen LogP contribution < -0.4 is 0 Å². The van der Waals surface area contributed by atoms with Gasteiger partial charge in [0.2, 0.25) is 0 Å². The Labute approximate surface area is 130 Å². The molecule has 0 aliphatic carbocycles. The van der Waals surface area contributed by atoms with E-state index in [4.69, 9.17) is 11.6 Å². The van der Waals surface area contributed by atoms with Gasteiger partial charge in [0.15, 0.2) is 0 Å². The quantitative estimate of drug-likeness (QED) is 0.650. The number of rotatable bonds is 6. The molecule has 122 valence electrons. The predicted octanol–water partition coefficient (Wildman–Crippen LogP) is 4.98. The lowest BCUT2D eigenvalue weighted by molar-refractivity contribution is -0.117. The number of carbonyl (C=O) groups excluding carboxylic acids is 3. The molecule has 4 heteroatoms. The first-order valence-corrected chi connectivity index (χ1v) is 7.29. The molecule has 0 aromatic heterocycles. The summed E-state index contributed by atoms with van der Waals surface area (Å²) in [6.07, 6.45) is 4.17. The third-order valence-corrected chi connectivity index (χ3v) is 2.62. The smallest absolute Gasteiger partial charge is 0.147 e. The molecule has 3 nitrogen and oxygen atoms in total. The number of hydrogen-bond acceptors (Lipinski definition) is 3. The lowest BCUT2D eigenvalue weighted by Gasteiger charge is -1.95. The van der Waals surface area contributed by atoms with E-state index < -0.39 is 0 Å². The van der Waals surface area contributed by atoms with Crippen molar-refractivity contribution < 1.29 is 14.4 Å². The van der Waals surface area contributed by atoms with Crippen molar-refractivity contribution in [2.24, 2.45) is 0 Å². The summed E-state index contributed by atoms with van der Waals surface area (Å²) in [5.74, 6) is 0.638. The molecule has 0 heterocycles. The summed E-state index contributed by atoms with van der Waals surface area (Å²) >= 11 is 5.45. The van der Waals surface area contributed by atoms with Crippen molar-refractivity contribution in [2.45, 2.75) is 86.5 Å². The average molecular weight is 309 g/mol. The molecule has 0 radical (unpaired) electrons. The highest BCUT2D eigenvalue weighted by Crippen LogP contribution is 2.00. The minimum atomic E-state index is -0.264. The molecule has 0 bridgehead atoms. The van der Waals surface area contributed by atoms with Crippen LogP contribution in [0.25, 0.3) is 0 Å². The Balaban J connectivity index is -0.0000000941. The van der Waals surface area contributed by atoms with E-state index in [0.29, 0.717) is 0 Å². The van der Waals surface area contributed by atoms with Crippen molar-refractivity contribution >= 4 is 29.0 Å². The Kier molecular flexibility index (Phi) is 28.5. The molecule has 0 N–H and O–H groups in total. The summed E-state index contributed by atoms with van der Waals surface area (Å²) in [5, 5.41) is -0.264. The largest absolute Gasteiger partial charge is 0.300 e. The Morgan fingerprint density at radius 3 is 1.15 bits per heavy atom. The van der Waals surface area contributed by atoms with E-state index in [2.05, 4.69) is 0 Å². The van der Waals surface area contributed by atoms with Gasteiger partial charge in [0.1, 0.15) is 17.3 Å². The van der Waals surface area contributed by atoms with Crippen LogP contribution >= 0.6 is 11.6 Å². The van der Waals surface area contributed by atoms with Gasteiger partial charge < -0.3 is 9.59 Å². The van der Waals surface area contributed by atoms with E-state index in [1.807, 2.05) is 20.8 Å². The molecule has 0 saturated heterocycles. The third kappa shape index (κ3) is 36.0. The van der Waals surface area contributed by atoms with Crippen molar-refractivity contribution in [3.63, 3.8) is 0 Å². The SMILES string of the molecule is C.CCC(Cl)C(C)=O.CCCC(C)=O.CCCC(C)=O. The van der Waals surface area contributed by atoms with Crippen LogP contribution in [0, 0.1) is 0 Å². The Bertz CT molecular complexity index is 234. The van der Waals surface area contributed by atoms with Crippen LogP contribution in [0.4, 0.5) is 0 Å². The normalized spacial score (nSPS) is 9.75. The average Bonchev–Trinajstić information content (AvgIpc) is 2.29. The van der Waals surface area contributed by atoms with Gasteiger partial charge in [0.25, 0.3) is 0 Å². The fourth-order valence-corrected chi connectivity index (χ4v) is 0.992. The van der Waals surface area contributed by atoms with Crippen LogP contribution in [0.5, 0.6) is 0 Å². The highest BCUT2D eigenvalue weighted by atomic mass is 35.5. The lowest BCUT2D eigenvalue weighted by atomic mass is 10.2. The summed E-state index contributed by atoms with van der Waals surface area (Å²) < 4.78 is 0. The number of Topliss-reactive ketones (excluding diaryl/α,β-unsaturated/α-hetero) is 3. The fraction of sp³-hybridized carbons (Fsp3) is 0.812. The van der Waals surface area contributed by atoms with Crippen LogP contribution in [-0.2, 0) is 14.4 Å². The zero-order valence-corrected chi connectivity index (χ0v) is 14.0. The van der Waals surface area contributed by atoms with E-state index in [1.54, 1.807) is 13.8 Å². The van der Waals surface area contributed by atoms with Crippen molar-refractivity contribution in [1.29, 1.82) is 0 Å². The Morgan fingerprint density at radius 1 is 0.850 bits per heavy atom. The van der Waals surface area contributed by atoms with Gasteiger partial charge >= 0.3 is 0 Å². The van der Waals surface area contributed by atoms with Gasteiger partial charge in [-0.1, -0.05) is 28.2 Å². The van der Waals surface area contributed by atoms with E-state index in [-0.39, 0.29) is 30.2 Å². The summed E-state index contributed by atoms with van der Waals surface area (Å²) in [6, 6.07) is 0. The highest BCUT2D eigenvalue weighted by molar-refractivity contribution is 6.30. The van der Waals surface area contributed by atoms with Crippen molar-refractivity contribution in [3.05, 3.63) is 0 Å². The summed E-state index contributed by atoms with van der Waals surface area (Å²) in [6.45, 7) is 10.6. The minimum absolute atomic E-state index is 0. The molecule has 0 aliphatic rings. The standard InChI is InChI=1S/C5H9ClO.2C5H10O.CH4/c1-3-5(6)4(2)7;2*1-3-4-5(2)6;/h5H,3H2,1-2H3;2*3-4H2,1-2H3;1H4. The van der Waals surface area contributed by atoms with E-state index in [9.17, 15) is 14.4 Å². The van der Waals surface area contributed by atoms with Crippen molar-refractivity contribution in [2.75, 3.05) is 0 Å². The van der Waals surface area contributed by atoms with Gasteiger partial charge in [0, 0.05) is 12.8 Å². The monoisotopic (exact) mass is 308 g/mol. The molecule has 0 aliphatic heterocycles. The zero-order chi connectivity index (χ0) is 15.8. The fourth-order valence-electron chi connectivity index (χ4n) is 0.992. The molecular formula is C16H33ClO3. The van der Waals surface area contributed by atoms with E-state index >= 15 is 0 Å². The Hall–Kier alpha value is -0.700. The maximum absolute atomic E-state index is 10.2. The molecule has 0 aromatic carbocycles. The van der Waals surface area contributed by atoms with E-state index in [0.717, 1.165) is 32.1 Å². The highest BCUT2D eigenvalue weighted by Gasteiger charge is 2.04. The predicted molar refractivity (Wildman–Crippen MR) is 88.5 cm³/mol. The molecule has 1 unspecified atom stereocenters. The van der Waals surface area contributed by atoms with Gasteiger partial charge in [-0.15, -0.1) is 11.6 Å². The summed E-state index contributed by atoms with van der Waals surface area (Å²) in [5.41, 5.74) is 0. The number of alkyl halides is 1. The van der Waals surface area contributed by atoms with Crippen LogP contribution in [-0.4, -0.2) is 22.7 Å². The molecule has 0 amide bonds. The first-order chi connectivity index (χ1) is 8.72. The molecule has 20 heavy (non-hydrogen) atoms. The molecular weight excluding hydrogens is 276 g/mol. The summed E-state index contributed by atoms with van der Waals surface area (Å²) in [4.78, 5) is 30.3.